The average Bonchev–Trinajstić information content (AvgIpc) is 3.22. The van der Waals surface area contributed by atoms with Crippen molar-refractivity contribution in [1.82, 2.24) is 10.3 Å². The Morgan fingerprint density at radius 2 is 2.10 bits per heavy atom. The Morgan fingerprint density at radius 3 is 2.67 bits per heavy atom. The van der Waals surface area contributed by atoms with Crippen LogP contribution in [0.2, 0.25) is 0 Å². The summed E-state index contributed by atoms with van der Waals surface area (Å²) in [7, 11) is 0. The molecule has 2 N–H and O–H groups in total. The minimum Gasteiger partial charge on any atom is -0.387 e. The van der Waals surface area contributed by atoms with Gasteiger partial charge in [-0.15, -0.1) is 11.3 Å². The van der Waals surface area contributed by atoms with E-state index in [1.54, 1.807) is 23.5 Å². The van der Waals surface area contributed by atoms with E-state index in [2.05, 4.69) is 15.7 Å². The number of halogens is 1. The van der Waals surface area contributed by atoms with Crippen molar-refractivity contribution in [3.05, 3.63) is 51.7 Å². The molecule has 0 spiro atoms. The van der Waals surface area contributed by atoms with Crippen molar-refractivity contribution in [2.24, 2.45) is 5.92 Å². The van der Waals surface area contributed by atoms with Crippen molar-refractivity contribution in [1.29, 1.82) is 0 Å². The highest BCUT2D eigenvalue weighted by Crippen LogP contribution is 2.42. The lowest BCUT2D eigenvalue weighted by atomic mass is 10.1. The molecule has 5 heteroatoms. The van der Waals surface area contributed by atoms with Gasteiger partial charge in [-0.25, -0.2) is 9.37 Å². The quantitative estimate of drug-likeness (QED) is 0.860. The van der Waals surface area contributed by atoms with Crippen LogP contribution in [-0.4, -0.2) is 16.6 Å². The minimum absolute atomic E-state index is 0.221. The highest BCUT2D eigenvalue weighted by atomic mass is 32.1. The number of aliphatic hydroxyl groups excluding tert-OH is 1. The minimum atomic E-state index is -0.632. The summed E-state index contributed by atoms with van der Waals surface area (Å²) in [6.07, 6.45) is 1.79. The fraction of sp³-hybridized carbons (Fsp3) is 0.438. The summed E-state index contributed by atoms with van der Waals surface area (Å²) in [5, 5.41) is 16.8. The Labute approximate surface area is 127 Å². The first-order valence-corrected chi connectivity index (χ1v) is 8.10. The van der Waals surface area contributed by atoms with Crippen molar-refractivity contribution in [3.8, 4) is 0 Å². The molecule has 2 aromatic rings. The fourth-order valence-corrected chi connectivity index (χ4v) is 3.40. The molecule has 3 rings (SSSR count). The zero-order valence-electron chi connectivity index (χ0n) is 11.9. The molecular formula is C16H19FN2OS. The van der Waals surface area contributed by atoms with E-state index in [0.717, 1.165) is 16.3 Å². The van der Waals surface area contributed by atoms with Crippen LogP contribution in [0, 0.1) is 18.7 Å². The highest BCUT2D eigenvalue weighted by Gasteiger charge is 2.34. The molecule has 0 bridgehead atoms. The topological polar surface area (TPSA) is 45.1 Å². The van der Waals surface area contributed by atoms with Crippen molar-refractivity contribution in [2.45, 2.75) is 31.9 Å². The molecule has 0 unspecified atom stereocenters. The lowest BCUT2D eigenvalue weighted by molar-refractivity contribution is 0.168. The molecule has 0 radical (unpaired) electrons. The maximum Gasteiger partial charge on any atom is 0.123 e. The zero-order valence-corrected chi connectivity index (χ0v) is 12.7. The van der Waals surface area contributed by atoms with Crippen LogP contribution in [0.1, 0.15) is 41.3 Å². The van der Waals surface area contributed by atoms with Crippen LogP contribution in [0.3, 0.4) is 0 Å². The number of nitrogens with one attached hydrogen (secondary N) is 1. The van der Waals surface area contributed by atoms with E-state index in [1.807, 2.05) is 6.92 Å². The molecule has 0 saturated heterocycles. The number of aryl methyl sites for hydroxylation is 1. The van der Waals surface area contributed by atoms with Crippen molar-refractivity contribution in [3.63, 3.8) is 0 Å². The third-order valence-electron chi connectivity index (χ3n) is 3.78. The number of nitrogens with zero attached hydrogens (tertiary/aromatic N) is 1. The second-order valence-corrected chi connectivity index (χ2v) is 6.51. The molecule has 0 amide bonds. The second kappa shape index (κ2) is 6.22. The van der Waals surface area contributed by atoms with Gasteiger partial charge < -0.3 is 10.4 Å². The Bertz CT molecular complexity index is 595. The lowest BCUT2D eigenvalue weighted by Gasteiger charge is -2.19. The van der Waals surface area contributed by atoms with Crippen molar-refractivity contribution < 1.29 is 9.50 Å². The molecule has 1 heterocycles. The summed E-state index contributed by atoms with van der Waals surface area (Å²) in [6.45, 7) is 2.45. The summed E-state index contributed by atoms with van der Waals surface area (Å²) in [5.41, 5.74) is 1.77. The monoisotopic (exact) mass is 306 g/mol. The first kappa shape index (κ1) is 14.6. The molecule has 1 fully saturated rings. The Hall–Kier alpha value is -1.30. The predicted octanol–water partition coefficient (Wildman–Crippen LogP) is 3.36. The number of hydrogen-bond acceptors (Lipinski definition) is 4. The van der Waals surface area contributed by atoms with Crippen LogP contribution in [-0.2, 0) is 0 Å². The second-order valence-electron chi connectivity index (χ2n) is 5.62. The van der Waals surface area contributed by atoms with Gasteiger partial charge in [0.15, 0.2) is 0 Å². The molecule has 3 nitrogen and oxygen atoms in total. The molecule has 1 aromatic carbocycles. The third kappa shape index (κ3) is 3.67. The van der Waals surface area contributed by atoms with Crippen LogP contribution in [0.15, 0.2) is 29.6 Å². The normalized spacial score (nSPS) is 17.7. The predicted molar refractivity (Wildman–Crippen MR) is 81.7 cm³/mol. The maximum atomic E-state index is 12.9. The lowest BCUT2D eigenvalue weighted by Crippen LogP contribution is -2.27. The van der Waals surface area contributed by atoms with E-state index < -0.39 is 6.10 Å². The number of thiazole rings is 1. The van der Waals surface area contributed by atoms with E-state index in [1.165, 1.54) is 25.0 Å². The van der Waals surface area contributed by atoms with Gasteiger partial charge in [0.25, 0.3) is 0 Å². The van der Waals surface area contributed by atoms with Gasteiger partial charge in [0.05, 0.1) is 12.1 Å². The van der Waals surface area contributed by atoms with E-state index in [0.29, 0.717) is 12.5 Å². The summed E-state index contributed by atoms with van der Waals surface area (Å²) in [6, 6.07) is 6.23. The molecule has 112 valence electrons. The van der Waals surface area contributed by atoms with Gasteiger partial charge in [0.2, 0.25) is 0 Å². The summed E-state index contributed by atoms with van der Waals surface area (Å²) >= 11 is 1.67. The smallest absolute Gasteiger partial charge is 0.123 e. The molecule has 21 heavy (non-hydrogen) atoms. The third-order valence-corrected chi connectivity index (χ3v) is 4.83. The Kier molecular flexibility index (Phi) is 4.33. The number of benzene rings is 1. The number of aromatic nitrogens is 1. The van der Waals surface area contributed by atoms with Gasteiger partial charge in [0, 0.05) is 17.6 Å². The average molecular weight is 306 g/mol. The van der Waals surface area contributed by atoms with Crippen molar-refractivity contribution in [2.75, 3.05) is 6.54 Å². The summed E-state index contributed by atoms with van der Waals surface area (Å²) < 4.78 is 12.9. The van der Waals surface area contributed by atoms with Crippen LogP contribution < -0.4 is 5.32 Å². The van der Waals surface area contributed by atoms with Gasteiger partial charge in [-0.05, 0) is 43.4 Å². The van der Waals surface area contributed by atoms with Crippen LogP contribution in [0.25, 0.3) is 0 Å². The van der Waals surface area contributed by atoms with Crippen LogP contribution >= 0.6 is 11.3 Å². The number of hydrogen-bond donors (Lipinski definition) is 2. The fourth-order valence-electron chi connectivity index (χ4n) is 2.44. The Balaban J connectivity index is 1.63. The molecule has 1 saturated carbocycles. The van der Waals surface area contributed by atoms with E-state index in [-0.39, 0.29) is 11.9 Å². The van der Waals surface area contributed by atoms with Gasteiger partial charge in [-0.3, -0.25) is 0 Å². The molecular weight excluding hydrogens is 287 g/mol. The molecule has 0 aliphatic heterocycles. The Morgan fingerprint density at radius 1 is 1.38 bits per heavy atom. The van der Waals surface area contributed by atoms with Crippen molar-refractivity contribution >= 4 is 11.3 Å². The van der Waals surface area contributed by atoms with Crippen LogP contribution in [0.5, 0.6) is 0 Å². The SMILES string of the molecule is Cc1csc([C@H](NC[C@@H](O)c2ccc(F)cc2)C2CC2)n1. The standard InChI is InChI=1S/C16H19FN2OS/c1-10-9-21-16(19-10)15(12-2-3-12)18-8-14(20)11-4-6-13(17)7-5-11/h4-7,9,12,14-15,18,20H,2-3,8H2,1H3/t14-,15-/m1/s1. The van der Waals surface area contributed by atoms with E-state index in [9.17, 15) is 9.50 Å². The van der Waals surface area contributed by atoms with Crippen LogP contribution in [0.4, 0.5) is 4.39 Å². The summed E-state index contributed by atoms with van der Waals surface area (Å²) in [5.74, 6) is 0.337. The van der Waals surface area contributed by atoms with Gasteiger partial charge in [-0.2, -0.15) is 0 Å². The highest BCUT2D eigenvalue weighted by molar-refractivity contribution is 7.09. The number of aliphatic hydroxyl groups is 1. The molecule has 1 aromatic heterocycles. The van der Waals surface area contributed by atoms with Gasteiger partial charge >= 0.3 is 0 Å². The first-order chi connectivity index (χ1) is 10.1. The summed E-state index contributed by atoms with van der Waals surface area (Å²) in [4.78, 5) is 4.56. The van der Waals surface area contributed by atoms with E-state index in [4.69, 9.17) is 0 Å². The first-order valence-electron chi connectivity index (χ1n) is 7.22. The molecule has 1 aliphatic carbocycles. The number of rotatable bonds is 6. The van der Waals surface area contributed by atoms with E-state index >= 15 is 0 Å². The van der Waals surface area contributed by atoms with Gasteiger partial charge in [0.1, 0.15) is 10.8 Å². The maximum absolute atomic E-state index is 12.9. The largest absolute Gasteiger partial charge is 0.387 e. The molecule has 1 aliphatic rings. The molecule has 2 atom stereocenters. The van der Waals surface area contributed by atoms with Gasteiger partial charge in [-0.1, -0.05) is 12.1 Å². The zero-order chi connectivity index (χ0) is 14.8.